The fraction of sp³-hybridized carbons (Fsp3) is 0.400. The van der Waals surface area contributed by atoms with Crippen molar-refractivity contribution < 1.29 is 4.74 Å². The second-order valence-electron chi connectivity index (χ2n) is 6.12. The monoisotopic (exact) mass is 297 g/mol. The first-order chi connectivity index (χ1) is 10.6. The van der Waals surface area contributed by atoms with Crippen LogP contribution in [0, 0.1) is 13.8 Å². The summed E-state index contributed by atoms with van der Waals surface area (Å²) < 4.78 is 6.06. The molecule has 0 aromatic heterocycles. The number of unbranched alkanes of at least 4 members (excludes halogenated alkanes) is 1. The summed E-state index contributed by atoms with van der Waals surface area (Å²) in [4.78, 5) is 2.21. The number of hydrogen-bond donors (Lipinski definition) is 0. The SMILES string of the molecule is Cc1cccc(C)c1-c1ccccc1OCCCCN(C)C. The highest BCUT2D eigenvalue weighted by molar-refractivity contribution is 5.75. The summed E-state index contributed by atoms with van der Waals surface area (Å²) >= 11 is 0. The van der Waals surface area contributed by atoms with Gasteiger partial charge in [0.05, 0.1) is 6.61 Å². The Hall–Kier alpha value is -1.80. The second-order valence-corrected chi connectivity index (χ2v) is 6.12. The Morgan fingerprint density at radius 1 is 0.864 bits per heavy atom. The van der Waals surface area contributed by atoms with Crippen molar-refractivity contribution >= 4 is 0 Å². The summed E-state index contributed by atoms with van der Waals surface area (Å²) in [5.74, 6) is 0.991. The zero-order valence-electron chi connectivity index (χ0n) is 14.2. The quantitative estimate of drug-likeness (QED) is 0.687. The van der Waals surface area contributed by atoms with Crippen LogP contribution in [0.2, 0.25) is 0 Å². The average molecular weight is 297 g/mol. The lowest BCUT2D eigenvalue weighted by Gasteiger charge is -2.16. The molecule has 0 aliphatic rings. The molecule has 0 fully saturated rings. The summed E-state index contributed by atoms with van der Waals surface area (Å²) in [5.41, 5.74) is 5.09. The molecule has 2 aromatic rings. The molecule has 0 aliphatic heterocycles. The van der Waals surface area contributed by atoms with E-state index in [2.05, 4.69) is 69.2 Å². The van der Waals surface area contributed by atoms with Crippen LogP contribution in [0.1, 0.15) is 24.0 Å². The first-order valence-electron chi connectivity index (χ1n) is 8.02. The van der Waals surface area contributed by atoms with Crippen molar-refractivity contribution in [3.8, 4) is 16.9 Å². The highest BCUT2D eigenvalue weighted by atomic mass is 16.5. The Bertz CT molecular complexity index is 584. The zero-order valence-corrected chi connectivity index (χ0v) is 14.2. The molecule has 0 saturated heterocycles. The minimum absolute atomic E-state index is 0.774. The third-order valence-electron chi connectivity index (χ3n) is 3.89. The Balaban J connectivity index is 2.11. The summed E-state index contributed by atoms with van der Waals surface area (Å²) in [5, 5.41) is 0. The van der Waals surface area contributed by atoms with E-state index in [4.69, 9.17) is 4.74 Å². The van der Waals surface area contributed by atoms with Gasteiger partial charge in [0.15, 0.2) is 0 Å². The molecule has 2 nitrogen and oxygen atoms in total. The van der Waals surface area contributed by atoms with Crippen LogP contribution >= 0.6 is 0 Å². The van der Waals surface area contributed by atoms with Crippen molar-refractivity contribution in [3.63, 3.8) is 0 Å². The number of benzene rings is 2. The summed E-state index contributed by atoms with van der Waals surface area (Å²) in [7, 11) is 4.22. The van der Waals surface area contributed by atoms with Crippen LogP contribution in [0.5, 0.6) is 5.75 Å². The summed E-state index contributed by atoms with van der Waals surface area (Å²) in [6.45, 7) is 6.21. The third-order valence-corrected chi connectivity index (χ3v) is 3.89. The van der Waals surface area contributed by atoms with E-state index in [0.717, 1.165) is 25.3 Å². The Labute approximate surface area is 134 Å². The van der Waals surface area contributed by atoms with Crippen molar-refractivity contribution in [2.24, 2.45) is 0 Å². The second kappa shape index (κ2) is 8.00. The van der Waals surface area contributed by atoms with Gasteiger partial charge in [-0.1, -0.05) is 36.4 Å². The van der Waals surface area contributed by atoms with E-state index in [1.54, 1.807) is 0 Å². The summed E-state index contributed by atoms with van der Waals surface area (Å²) in [6, 6.07) is 14.8. The Morgan fingerprint density at radius 2 is 1.55 bits per heavy atom. The predicted molar refractivity (Wildman–Crippen MR) is 94.6 cm³/mol. The Kier molecular flexibility index (Phi) is 6.02. The van der Waals surface area contributed by atoms with E-state index in [-0.39, 0.29) is 0 Å². The maximum Gasteiger partial charge on any atom is 0.127 e. The minimum atomic E-state index is 0.774. The van der Waals surface area contributed by atoms with Gasteiger partial charge in [0, 0.05) is 5.56 Å². The maximum absolute atomic E-state index is 6.06. The molecule has 0 atom stereocenters. The van der Waals surface area contributed by atoms with Gasteiger partial charge in [0.2, 0.25) is 0 Å². The van der Waals surface area contributed by atoms with Gasteiger partial charge in [-0.25, -0.2) is 0 Å². The van der Waals surface area contributed by atoms with Gasteiger partial charge in [-0.15, -0.1) is 0 Å². The van der Waals surface area contributed by atoms with E-state index in [1.165, 1.54) is 28.7 Å². The molecule has 2 aromatic carbocycles. The summed E-state index contributed by atoms with van der Waals surface area (Å²) in [6.07, 6.45) is 2.25. The van der Waals surface area contributed by atoms with Gasteiger partial charge in [-0.3, -0.25) is 0 Å². The maximum atomic E-state index is 6.06. The van der Waals surface area contributed by atoms with Gasteiger partial charge in [0.1, 0.15) is 5.75 Å². The van der Waals surface area contributed by atoms with Crippen molar-refractivity contribution in [3.05, 3.63) is 53.6 Å². The van der Waals surface area contributed by atoms with Crippen LogP contribution in [0.4, 0.5) is 0 Å². The molecule has 0 saturated carbocycles. The normalized spacial score (nSPS) is 11.0. The highest BCUT2D eigenvalue weighted by Crippen LogP contribution is 2.34. The van der Waals surface area contributed by atoms with Gasteiger partial charge >= 0.3 is 0 Å². The van der Waals surface area contributed by atoms with Crippen LogP contribution in [-0.4, -0.2) is 32.1 Å². The largest absolute Gasteiger partial charge is 0.493 e. The van der Waals surface area contributed by atoms with Gasteiger partial charge < -0.3 is 9.64 Å². The number of nitrogens with zero attached hydrogens (tertiary/aromatic N) is 1. The van der Waals surface area contributed by atoms with Crippen LogP contribution in [0.25, 0.3) is 11.1 Å². The molecule has 0 radical (unpaired) electrons. The zero-order chi connectivity index (χ0) is 15.9. The lowest BCUT2D eigenvalue weighted by atomic mass is 9.95. The van der Waals surface area contributed by atoms with Crippen LogP contribution in [-0.2, 0) is 0 Å². The lowest BCUT2D eigenvalue weighted by molar-refractivity contribution is 0.294. The topological polar surface area (TPSA) is 12.5 Å². The molecule has 0 N–H and O–H groups in total. The number of hydrogen-bond acceptors (Lipinski definition) is 2. The van der Waals surface area contributed by atoms with Crippen LogP contribution in [0.3, 0.4) is 0 Å². The first-order valence-corrected chi connectivity index (χ1v) is 8.02. The first kappa shape index (κ1) is 16.6. The lowest BCUT2D eigenvalue weighted by Crippen LogP contribution is -2.13. The molecule has 118 valence electrons. The molecule has 22 heavy (non-hydrogen) atoms. The van der Waals surface area contributed by atoms with Gasteiger partial charge in [-0.05, 0) is 70.1 Å². The van der Waals surface area contributed by atoms with Crippen molar-refractivity contribution in [1.82, 2.24) is 4.90 Å². The average Bonchev–Trinajstić information content (AvgIpc) is 2.48. The molecule has 0 heterocycles. The standard InChI is InChI=1S/C20H27NO/c1-16-10-9-11-17(2)20(16)18-12-5-6-13-19(18)22-15-8-7-14-21(3)4/h5-6,9-13H,7-8,14-15H2,1-4H3. The molecule has 0 spiro atoms. The molecule has 0 unspecified atom stereocenters. The third kappa shape index (κ3) is 4.35. The Morgan fingerprint density at radius 3 is 2.23 bits per heavy atom. The number of rotatable bonds is 7. The number of para-hydroxylation sites is 1. The molecule has 0 aliphatic carbocycles. The number of aryl methyl sites for hydroxylation is 2. The molecule has 2 rings (SSSR count). The molecule has 0 bridgehead atoms. The molecule has 0 amide bonds. The minimum Gasteiger partial charge on any atom is -0.493 e. The van der Waals surface area contributed by atoms with Crippen molar-refractivity contribution in [2.75, 3.05) is 27.2 Å². The number of ether oxygens (including phenoxy) is 1. The van der Waals surface area contributed by atoms with E-state index < -0.39 is 0 Å². The van der Waals surface area contributed by atoms with Crippen LogP contribution < -0.4 is 4.74 Å². The fourth-order valence-electron chi connectivity index (χ4n) is 2.75. The van der Waals surface area contributed by atoms with Crippen LogP contribution in [0.15, 0.2) is 42.5 Å². The van der Waals surface area contributed by atoms with Gasteiger partial charge in [-0.2, -0.15) is 0 Å². The molecular weight excluding hydrogens is 270 g/mol. The van der Waals surface area contributed by atoms with E-state index in [9.17, 15) is 0 Å². The van der Waals surface area contributed by atoms with Crippen molar-refractivity contribution in [1.29, 1.82) is 0 Å². The van der Waals surface area contributed by atoms with Gasteiger partial charge in [0.25, 0.3) is 0 Å². The molecular formula is C20H27NO. The fourth-order valence-corrected chi connectivity index (χ4v) is 2.75. The smallest absolute Gasteiger partial charge is 0.127 e. The van der Waals surface area contributed by atoms with E-state index in [1.807, 2.05) is 6.07 Å². The highest BCUT2D eigenvalue weighted by Gasteiger charge is 2.10. The predicted octanol–water partition coefficient (Wildman–Crippen LogP) is 4.69. The van der Waals surface area contributed by atoms with E-state index in [0.29, 0.717) is 0 Å². The van der Waals surface area contributed by atoms with Crippen molar-refractivity contribution in [2.45, 2.75) is 26.7 Å². The van der Waals surface area contributed by atoms with E-state index >= 15 is 0 Å². The molecule has 2 heteroatoms.